The summed E-state index contributed by atoms with van der Waals surface area (Å²) in [4.78, 5) is 44.8. The number of hydrogen-bond donors (Lipinski definition) is 6. The minimum absolute atomic E-state index is 0.0115. The second-order valence-electron chi connectivity index (χ2n) is 6.06. The number of likely N-dealkylation sites (N-methyl/N-ethyl adjacent to an activating group) is 1. The highest BCUT2D eigenvalue weighted by Gasteiger charge is 2.36. The van der Waals surface area contributed by atoms with Gasteiger partial charge in [-0.2, -0.15) is 0 Å². The van der Waals surface area contributed by atoms with Crippen LogP contribution < -0.4 is 33.6 Å². The lowest BCUT2D eigenvalue weighted by Gasteiger charge is -2.33. The standard InChI is InChI=1S/C14H27N9O3/c1-7-10(11(25)21-14(20-7)22-13(18)26)23(2)9(24)6-8(15)4-3-5-19-12(16)17/h7-8,10H,3-6,15H2,1-2H3,(H4,16,17,19)(H4,18,20,21,22,25,26)/t7?,8-,10?/m0/s1. The fourth-order valence-corrected chi connectivity index (χ4v) is 2.58. The highest BCUT2D eigenvalue weighted by molar-refractivity contribution is 6.07. The lowest BCUT2D eigenvalue weighted by Crippen LogP contribution is -2.60. The van der Waals surface area contributed by atoms with Crippen LogP contribution in [0.25, 0.3) is 0 Å². The minimum Gasteiger partial charge on any atom is -0.370 e. The lowest BCUT2D eigenvalue weighted by molar-refractivity contribution is -0.139. The Morgan fingerprint density at radius 2 is 2.04 bits per heavy atom. The maximum atomic E-state index is 12.4. The van der Waals surface area contributed by atoms with E-state index in [1.165, 1.54) is 11.9 Å². The third-order valence-corrected chi connectivity index (χ3v) is 3.82. The molecule has 12 nitrogen and oxygen atoms in total. The number of carbonyl (C=O) groups excluding carboxylic acids is 3. The maximum absolute atomic E-state index is 12.4. The average Bonchev–Trinajstić information content (AvgIpc) is 2.49. The zero-order valence-corrected chi connectivity index (χ0v) is 14.9. The van der Waals surface area contributed by atoms with Crippen LogP contribution in [0.1, 0.15) is 26.2 Å². The topological polar surface area (TPSA) is 207 Å². The van der Waals surface area contributed by atoms with Gasteiger partial charge in [0, 0.05) is 26.1 Å². The molecule has 26 heavy (non-hydrogen) atoms. The Morgan fingerprint density at radius 3 is 2.58 bits per heavy atom. The summed E-state index contributed by atoms with van der Waals surface area (Å²) >= 11 is 0. The molecule has 1 aliphatic rings. The summed E-state index contributed by atoms with van der Waals surface area (Å²) in [5, 5.41) is 4.61. The van der Waals surface area contributed by atoms with E-state index in [9.17, 15) is 14.4 Å². The quantitative estimate of drug-likeness (QED) is 0.158. The number of carbonyl (C=O) groups is 3. The van der Waals surface area contributed by atoms with Crippen molar-refractivity contribution in [1.29, 1.82) is 0 Å². The Balaban J connectivity index is 2.59. The number of rotatable bonds is 7. The summed E-state index contributed by atoms with van der Waals surface area (Å²) in [7, 11) is 1.51. The summed E-state index contributed by atoms with van der Waals surface area (Å²) in [6.07, 6.45) is 1.28. The number of guanidine groups is 2. The SMILES string of the molecule is CC1N=C(NC(N)=O)NC(=O)C1N(C)C(=O)C[C@@H](N)CCCN=C(N)N. The van der Waals surface area contributed by atoms with Gasteiger partial charge in [0.05, 0.1) is 6.04 Å². The van der Waals surface area contributed by atoms with Gasteiger partial charge in [0.25, 0.3) is 5.91 Å². The zero-order chi connectivity index (χ0) is 19.9. The first-order valence-electron chi connectivity index (χ1n) is 8.13. The Hall–Kier alpha value is -2.89. The number of nitrogens with two attached hydrogens (primary N) is 4. The van der Waals surface area contributed by atoms with Gasteiger partial charge in [-0.3, -0.25) is 25.2 Å². The van der Waals surface area contributed by atoms with E-state index in [0.29, 0.717) is 19.4 Å². The number of nitrogens with zero attached hydrogens (tertiary/aromatic N) is 3. The van der Waals surface area contributed by atoms with Crippen LogP contribution in [0.2, 0.25) is 0 Å². The second-order valence-corrected chi connectivity index (χ2v) is 6.06. The lowest BCUT2D eigenvalue weighted by atomic mass is 10.0. The highest BCUT2D eigenvalue weighted by Crippen LogP contribution is 2.13. The van der Waals surface area contributed by atoms with Crippen molar-refractivity contribution in [3.05, 3.63) is 0 Å². The van der Waals surface area contributed by atoms with Crippen LogP contribution in [-0.2, 0) is 9.59 Å². The number of nitrogens with one attached hydrogen (secondary N) is 2. The number of urea groups is 1. The van der Waals surface area contributed by atoms with Crippen molar-refractivity contribution in [1.82, 2.24) is 15.5 Å². The molecule has 10 N–H and O–H groups in total. The molecule has 12 heteroatoms. The van der Waals surface area contributed by atoms with Crippen molar-refractivity contribution >= 4 is 29.8 Å². The predicted octanol–water partition coefficient (Wildman–Crippen LogP) is -2.87. The van der Waals surface area contributed by atoms with Crippen LogP contribution in [0.15, 0.2) is 9.98 Å². The summed E-state index contributed by atoms with van der Waals surface area (Å²) in [6, 6.07) is -2.59. The van der Waals surface area contributed by atoms with Crippen molar-refractivity contribution < 1.29 is 14.4 Å². The second kappa shape index (κ2) is 9.56. The number of amides is 4. The van der Waals surface area contributed by atoms with E-state index in [4.69, 9.17) is 22.9 Å². The molecule has 1 aliphatic heterocycles. The van der Waals surface area contributed by atoms with E-state index < -0.39 is 24.0 Å². The van der Waals surface area contributed by atoms with Crippen molar-refractivity contribution in [2.24, 2.45) is 32.9 Å². The monoisotopic (exact) mass is 369 g/mol. The van der Waals surface area contributed by atoms with Crippen molar-refractivity contribution in [2.45, 2.75) is 44.3 Å². The molecule has 0 spiro atoms. The van der Waals surface area contributed by atoms with Gasteiger partial charge in [0.1, 0.15) is 6.04 Å². The Morgan fingerprint density at radius 1 is 1.38 bits per heavy atom. The molecule has 4 amide bonds. The van der Waals surface area contributed by atoms with Crippen LogP contribution in [-0.4, -0.2) is 66.4 Å². The Kier molecular flexibility index (Phi) is 7.77. The molecule has 0 aromatic rings. The molecule has 0 saturated heterocycles. The fraction of sp³-hybridized carbons (Fsp3) is 0.643. The van der Waals surface area contributed by atoms with Crippen LogP contribution in [0.5, 0.6) is 0 Å². The molecule has 3 atom stereocenters. The molecule has 0 aliphatic carbocycles. The summed E-state index contributed by atoms with van der Waals surface area (Å²) in [5.74, 6) is -0.776. The van der Waals surface area contributed by atoms with E-state index in [1.54, 1.807) is 6.92 Å². The number of hydrogen-bond acceptors (Lipinski definition) is 6. The summed E-state index contributed by atoms with van der Waals surface area (Å²) < 4.78 is 0. The van der Waals surface area contributed by atoms with Crippen LogP contribution in [0.4, 0.5) is 4.79 Å². The zero-order valence-electron chi connectivity index (χ0n) is 14.9. The molecule has 0 bridgehead atoms. The van der Waals surface area contributed by atoms with E-state index in [2.05, 4.69) is 20.6 Å². The van der Waals surface area contributed by atoms with E-state index in [-0.39, 0.29) is 30.3 Å². The number of primary amides is 1. The molecular weight excluding hydrogens is 342 g/mol. The van der Waals surface area contributed by atoms with Crippen molar-refractivity contribution in [2.75, 3.05) is 13.6 Å². The van der Waals surface area contributed by atoms with Crippen molar-refractivity contribution in [3.63, 3.8) is 0 Å². The van der Waals surface area contributed by atoms with Crippen LogP contribution in [0.3, 0.4) is 0 Å². The molecule has 146 valence electrons. The van der Waals surface area contributed by atoms with Gasteiger partial charge in [-0.15, -0.1) is 0 Å². The van der Waals surface area contributed by atoms with Crippen LogP contribution >= 0.6 is 0 Å². The van der Waals surface area contributed by atoms with Crippen molar-refractivity contribution in [3.8, 4) is 0 Å². The predicted molar refractivity (Wildman–Crippen MR) is 96.8 cm³/mol. The normalized spacial score (nSPS) is 20.4. The molecule has 1 rings (SSSR count). The molecule has 0 aromatic carbocycles. The molecule has 0 aromatic heterocycles. The van der Waals surface area contributed by atoms with E-state index in [0.717, 1.165) is 0 Å². The van der Waals surface area contributed by atoms with Gasteiger partial charge in [-0.05, 0) is 19.8 Å². The van der Waals surface area contributed by atoms with E-state index >= 15 is 0 Å². The molecule has 0 fully saturated rings. The van der Waals surface area contributed by atoms with Gasteiger partial charge in [-0.1, -0.05) is 0 Å². The summed E-state index contributed by atoms with van der Waals surface area (Å²) in [6.45, 7) is 2.09. The molecule has 1 heterocycles. The third-order valence-electron chi connectivity index (χ3n) is 3.82. The molecule has 2 unspecified atom stereocenters. The first-order chi connectivity index (χ1) is 12.1. The van der Waals surface area contributed by atoms with Crippen LogP contribution in [0, 0.1) is 0 Å². The Bertz CT molecular complexity index is 600. The Labute approximate surface area is 151 Å². The fourth-order valence-electron chi connectivity index (χ4n) is 2.58. The molecule has 0 radical (unpaired) electrons. The number of aliphatic imine (C=N–C) groups is 2. The van der Waals surface area contributed by atoms with Gasteiger partial charge in [0.15, 0.2) is 5.96 Å². The maximum Gasteiger partial charge on any atom is 0.318 e. The average molecular weight is 369 g/mol. The molecule has 0 saturated carbocycles. The van der Waals surface area contributed by atoms with E-state index in [1.807, 2.05) is 0 Å². The van der Waals surface area contributed by atoms with Gasteiger partial charge >= 0.3 is 6.03 Å². The minimum atomic E-state index is -0.842. The summed E-state index contributed by atoms with van der Waals surface area (Å²) in [5.41, 5.74) is 21.4. The molecular formula is C14H27N9O3. The first kappa shape index (κ1) is 21.2. The largest absolute Gasteiger partial charge is 0.370 e. The smallest absolute Gasteiger partial charge is 0.318 e. The van der Waals surface area contributed by atoms with Gasteiger partial charge < -0.3 is 27.8 Å². The third kappa shape index (κ3) is 6.55. The van der Waals surface area contributed by atoms with Gasteiger partial charge in [0.2, 0.25) is 11.9 Å². The first-order valence-corrected chi connectivity index (χ1v) is 8.13. The highest BCUT2D eigenvalue weighted by atomic mass is 16.2. The van der Waals surface area contributed by atoms with Gasteiger partial charge in [-0.25, -0.2) is 9.79 Å².